The summed E-state index contributed by atoms with van der Waals surface area (Å²) in [7, 11) is 0. The number of benzene rings is 1. The van der Waals surface area contributed by atoms with Crippen LogP contribution in [0.25, 0.3) is 0 Å². The number of ketones is 1. The van der Waals surface area contributed by atoms with Gasteiger partial charge < -0.3 is 19.7 Å². The molecular formula is C21H30O6. The van der Waals surface area contributed by atoms with Crippen molar-refractivity contribution >= 4 is 11.9 Å². The van der Waals surface area contributed by atoms with Crippen LogP contribution in [0.5, 0.6) is 0 Å². The van der Waals surface area contributed by atoms with Gasteiger partial charge in [-0.2, -0.15) is 0 Å². The summed E-state index contributed by atoms with van der Waals surface area (Å²) in [5.41, 5.74) is 4.92. The predicted molar refractivity (Wildman–Crippen MR) is 101 cm³/mol. The van der Waals surface area contributed by atoms with Crippen molar-refractivity contribution in [3.8, 4) is 0 Å². The smallest absolute Gasteiger partial charge is 0.450 e. The highest BCUT2D eigenvalue weighted by Crippen LogP contribution is 2.39. The maximum Gasteiger partial charge on any atom is 0.503 e. The van der Waals surface area contributed by atoms with Gasteiger partial charge in [0.2, 0.25) is 0 Å². The zero-order valence-corrected chi connectivity index (χ0v) is 16.7. The number of rotatable bonds is 3. The summed E-state index contributed by atoms with van der Waals surface area (Å²) >= 11 is 0. The van der Waals surface area contributed by atoms with Gasteiger partial charge in [0.1, 0.15) is 5.78 Å². The monoisotopic (exact) mass is 378 g/mol. The first kappa shape index (κ1) is 21.4. The van der Waals surface area contributed by atoms with Crippen LogP contribution in [-0.4, -0.2) is 40.1 Å². The lowest BCUT2D eigenvalue weighted by Gasteiger charge is -2.28. The van der Waals surface area contributed by atoms with Crippen LogP contribution in [0, 0.1) is 26.7 Å². The number of carbonyl (C=O) groups excluding carboxylic acids is 1. The minimum atomic E-state index is -1.83. The fraction of sp³-hybridized carbons (Fsp3) is 0.619. The number of carboxylic acid groups (broad SMARTS) is 2. The average molecular weight is 378 g/mol. The van der Waals surface area contributed by atoms with Gasteiger partial charge in [0.05, 0.1) is 12.2 Å². The molecule has 3 unspecified atom stereocenters. The van der Waals surface area contributed by atoms with E-state index in [1.54, 1.807) is 0 Å². The zero-order valence-electron chi connectivity index (χ0n) is 16.7. The van der Waals surface area contributed by atoms with E-state index in [4.69, 9.17) is 24.5 Å². The highest BCUT2D eigenvalue weighted by molar-refractivity contribution is 5.84. The SMILES string of the molecule is Cc1cc(C)c(CC(=O)C2CCC3OC(C)(C)OC3C2)c(C)c1.O=C(O)O. The van der Waals surface area contributed by atoms with Crippen LogP contribution in [0.15, 0.2) is 12.1 Å². The number of fused-ring (bicyclic) bond motifs is 1. The Morgan fingerprint density at radius 3 is 2.11 bits per heavy atom. The van der Waals surface area contributed by atoms with Crippen molar-refractivity contribution in [2.24, 2.45) is 5.92 Å². The number of aryl methyl sites for hydroxylation is 3. The first-order valence-corrected chi connectivity index (χ1v) is 9.35. The molecule has 3 rings (SSSR count). The van der Waals surface area contributed by atoms with Crippen LogP contribution < -0.4 is 0 Å². The summed E-state index contributed by atoms with van der Waals surface area (Å²) in [6, 6.07) is 4.34. The van der Waals surface area contributed by atoms with E-state index in [9.17, 15) is 4.79 Å². The Morgan fingerprint density at radius 2 is 1.56 bits per heavy atom. The molecule has 2 aliphatic rings. The molecule has 0 aromatic heterocycles. The van der Waals surface area contributed by atoms with Gasteiger partial charge in [-0.1, -0.05) is 17.7 Å². The largest absolute Gasteiger partial charge is 0.503 e. The summed E-state index contributed by atoms with van der Waals surface area (Å²) in [6.45, 7) is 10.2. The van der Waals surface area contributed by atoms with Crippen molar-refractivity contribution in [1.82, 2.24) is 0 Å². The molecule has 0 radical (unpaired) electrons. The van der Waals surface area contributed by atoms with Gasteiger partial charge in [-0.05, 0) is 70.6 Å². The van der Waals surface area contributed by atoms with Crippen LogP contribution in [0.4, 0.5) is 4.79 Å². The van der Waals surface area contributed by atoms with Gasteiger partial charge in [-0.3, -0.25) is 4.79 Å². The number of hydrogen-bond acceptors (Lipinski definition) is 4. The Bertz CT molecular complexity index is 682. The molecule has 6 nitrogen and oxygen atoms in total. The molecule has 2 N–H and O–H groups in total. The minimum Gasteiger partial charge on any atom is -0.450 e. The first-order valence-electron chi connectivity index (χ1n) is 9.35. The molecule has 150 valence electrons. The average Bonchev–Trinajstić information content (AvgIpc) is 2.82. The van der Waals surface area contributed by atoms with Crippen LogP contribution >= 0.6 is 0 Å². The summed E-state index contributed by atoms with van der Waals surface area (Å²) < 4.78 is 11.9. The van der Waals surface area contributed by atoms with E-state index >= 15 is 0 Å². The Balaban J connectivity index is 0.000000596. The molecule has 0 bridgehead atoms. The fourth-order valence-corrected chi connectivity index (χ4v) is 4.22. The van der Waals surface area contributed by atoms with E-state index in [2.05, 4.69) is 32.9 Å². The molecule has 27 heavy (non-hydrogen) atoms. The van der Waals surface area contributed by atoms with Gasteiger partial charge in [0, 0.05) is 12.3 Å². The Labute approximate surface area is 160 Å². The third kappa shape index (κ3) is 5.78. The Morgan fingerprint density at radius 1 is 1.04 bits per heavy atom. The van der Waals surface area contributed by atoms with Gasteiger partial charge in [-0.15, -0.1) is 0 Å². The molecule has 1 aliphatic heterocycles. The van der Waals surface area contributed by atoms with Crippen LogP contribution in [0.1, 0.15) is 55.4 Å². The molecule has 1 aromatic rings. The minimum absolute atomic E-state index is 0.0768. The first-order chi connectivity index (χ1) is 12.5. The third-order valence-corrected chi connectivity index (χ3v) is 5.25. The Kier molecular flexibility index (Phi) is 6.65. The Hall–Kier alpha value is -1.92. The standard InChI is InChI=1S/C20H28O3.CH2O3/c1-12-8-13(2)16(14(3)9-12)11-17(21)15-6-7-18-19(10-15)23-20(4,5)22-18;2-1(3)4/h8-9,15,18-19H,6-7,10-11H2,1-5H3;(H2,2,3,4). The molecule has 0 amide bonds. The fourth-order valence-electron chi connectivity index (χ4n) is 4.22. The van der Waals surface area contributed by atoms with Gasteiger partial charge in [0.25, 0.3) is 0 Å². The topological polar surface area (TPSA) is 93.1 Å². The van der Waals surface area contributed by atoms with Gasteiger partial charge in [-0.25, -0.2) is 4.79 Å². The molecule has 6 heteroatoms. The number of hydrogen-bond donors (Lipinski definition) is 2. The summed E-state index contributed by atoms with van der Waals surface area (Å²) in [4.78, 5) is 21.4. The van der Waals surface area contributed by atoms with Crippen LogP contribution in [-0.2, 0) is 20.7 Å². The molecule has 3 atom stereocenters. The van der Waals surface area contributed by atoms with Gasteiger partial charge in [0.15, 0.2) is 5.79 Å². The summed E-state index contributed by atoms with van der Waals surface area (Å²) in [6.07, 6.45) is 1.60. The number of Topliss-reactive ketones (excluding diaryl/α,β-unsaturated/α-hetero) is 1. The highest BCUT2D eigenvalue weighted by Gasteiger charge is 2.45. The molecule has 1 saturated heterocycles. The third-order valence-electron chi connectivity index (χ3n) is 5.25. The van der Waals surface area contributed by atoms with Crippen molar-refractivity contribution in [2.75, 3.05) is 0 Å². The lowest BCUT2D eigenvalue weighted by Crippen LogP contribution is -2.35. The van der Waals surface area contributed by atoms with E-state index in [1.165, 1.54) is 22.3 Å². The van der Waals surface area contributed by atoms with E-state index in [0.717, 1.165) is 19.3 Å². The van der Waals surface area contributed by atoms with Crippen LogP contribution in [0.2, 0.25) is 0 Å². The van der Waals surface area contributed by atoms with E-state index in [-0.39, 0.29) is 18.1 Å². The number of carbonyl (C=O) groups is 2. The van der Waals surface area contributed by atoms with Crippen LogP contribution in [0.3, 0.4) is 0 Å². The van der Waals surface area contributed by atoms with Crippen molar-refractivity contribution < 1.29 is 29.3 Å². The number of ether oxygens (including phenoxy) is 2. The lowest BCUT2D eigenvalue weighted by atomic mass is 9.80. The second-order valence-electron chi connectivity index (χ2n) is 8.03. The predicted octanol–water partition coefficient (Wildman–Crippen LogP) is 4.27. The zero-order chi connectivity index (χ0) is 20.4. The molecule has 1 saturated carbocycles. The molecule has 0 spiro atoms. The molecule has 1 aliphatic carbocycles. The molecule has 1 aromatic carbocycles. The second-order valence-corrected chi connectivity index (χ2v) is 8.03. The molecule has 1 heterocycles. The molecule has 2 fully saturated rings. The van der Waals surface area contributed by atoms with Crippen molar-refractivity contribution in [1.29, 1.82) is 0 Å². The summed E-state index contributed by atoms with van der Waals surface area (Å²) in [5, 5.41) is 13.9. The highest BCUT2D eigenvalue weighted by atomic mass is 16.7. The second kappa shape index (κ2) is 8.40. The van der Waals surface area contributed by atoms with E-state index in [1.807, 2.05) is 13.8 Å². The lowest BCUT2D eigenvalue weighted by molar-refractivity contribution is -0.146. The maximum atomic E-state index is 12.8. The van der Waals surface area contributed by atoms with E-state index < -0.39 is 11.9 Å². The van der Waals surface area contributed by atoms with Gasteiger partial charge >= 0.3 is 6.16 Å². The van der Waals surface area contributed by atoms with Crippen molar-refractivity contribution in [3.05, 3.63) is 34.4 Å². The van der Waals surface area contributed by atoms with Crippen molar-refractivity contribution in [2.45, 2.75) is 78.3 Å². The van der Waals surface area contributed by atoms with Crippen molar-refractivity contribution in [3.63, 3.8) is 0 Å². The molecular weight excluding hydrogens is 348 g/mol. The normalized spacial score (nSPS) is 25.9. The quantitative estimate of drug-likeness (QED) is 0.816. The summed E-state index contributed by atoms with van der Waals surface area (Å²) in [5.74, 6) is -0.0436. The maximum absolute atomic E-state index is 12.8. The van der Waals surface area contributed by atoms with E-state index in [0.29, 0.717) is 12.2 Å².